The molecule has 1 aromatic heterocycles. The summed E-state index contributed by atoms with van der Waals surface area (Å²) < 4.78 is 0. The lowest BCUT2D eigenvalue weighted by molar-refractivity contribution is -0.128. The summed E-state index contributed by atoms with van der Waals surface area (Å²) in [7, 11) is 0. The first-order valence-electron chi connectivity index (χ1n) is 8.95. The Hall–Kier alpha value is -2.24. The molecule has 0 saturated carbocycles. The van der Waals surface area contributed by atoms with Gasteiger partial charge in [-0.15, -0.1) is 11.8 Å². The highest BCUT2D eigenvalue weighted by Crippen LogP contribution is 2.28. The number of piperazine rings is 1. The molecule has 4 nitrogen and oxygen atoms in total. The van der Waals surface area contributed by atoms with E-state index in [1.165, 1.54) is 0 Å². The smallest absolute Gasteiger partial charge is 0.233 e. The molecule has 4 rings (SSSR count). The third-order valence-electron chi connectivity index (χ3n) is 4.76. The number of benzene rings is 2. The third-order valence-corrected chi connectivity index (χ3v) is 5.99. The van der Waals surface area contributed by atoms with Gasteiger partial charge in [-0.1, -0.05) is 29.8 Å². The number of hydrogen-bond donors (Lipinski definition) is 0. The van der Waals surface area contributed by atoms with Crippen LogP contribution in [-0.4, -0.2) is 47.7 Å². The fourth-order valence-electron chi connectivity index (χ4n) is 3.33. The topological polar surface area (TPSA) is 36.4 Å². The summed E-state index contributed by atoms with van der Waals surface area (Å²) in [6.07, 6.45) is 1.82. The van der Waals surface area contributed by atoms with Crippen molar-refractivity contribution in [3.63, 3.8) is 0 Å². The largest absolute Gasteiger partial charge is 0.367 e. The molecule has 27 heavy (non-hydrogen) atoms. The Bertz CT molecular complexity index is 943. The van der Waals surface area contributed by atoms with Crippen LogP contribution in [0.1, 0.15) is 0 Å². The van der Waals surface area contributed by atoms with Crippen LogP contribution in [-0.2, 0) is 4.79 Å². The maximum absolute atomic E-state index is 12.5. The Morgan fingerprint density at radius 3 is 2.59 bits per heavy atom. The summed E-state index contributed by atoms with van der Waals surface area (Å²) in [5, 5.41) is 1.79. The van der Waals surface area contributed by atoms with E-state index < -0.39 is 0 Å². The highest BCUT2D eigenvalue weighted by molar-refractivity contribution is 8.00. The van der Waals surface area contributed by atoms with Crippen molar-refractivity contribution < 1.29 is 4.79 Å². The minimum atomic E-state index is 0.204. The van der Waals surface area contributed by atoms with E-state index in [1.807, 2.05) is 65.7 Å². The maximum atomic E-state index is 12.5. The predicted molar refractivity (Wildman–Crippen MR) is 113 cm³/mol. The molecule has 0 unspecified atom stereocenters. The zero-order chi connectivity index (χ0) is 18.6. The highest BCUT2D eigenvalue weighted by Gasteiger charge is 2.22. The van der Waals surface area contributed by atoms with Crippen molar-refractivity contribution in [1.82, 2.24) is 9.88 Å². The number of nitrogens with zero attached hydrogens (tertiary/aromatic N) is 3. The molecule has 6 heteroatoms. The Morgan fingerprint density at radius 2 is 1.81 bits per heavy atom. The van der Waals surface area contributed by atoms with E-state index in [-0.39, 0.29) is 5.91 Å². The number of hydrogen-bond acceptors (Lipinski definition) is 4. The number of halogens is 1. The number of carbonyl (C=O) groups is 1. The molecular formula is C21H20ClN3OS. The molecule has 2 heterocycles. The number of fused-ring (bicyclic) bond motifs is 1. The second-order valence-corrected chi connectivity index (χ2v) is 7.95. The third kappa shape index (κ3) is 4.20. The van der Waals surface area contributed by atoms with Crippen LogP contribution in [0.3, 0.4) is 0 Å². The normalized spacial score (nSPS) is 14.6. The van der Waals surface area contributed by atoms with Gasteiger partial charge in [0.05, 0.1) is 11.3 Å². The van der Waals surface area contributed by atoms with Crippen molar-refractivity contribution in [2.24, 2.45) is 0 Å². The maximum Gasteiger partial charge on any atom is 0.233 e. The molecule has 0 radical (unpaired) electrons. The lowest BCUT2D eigenvalue weighted by atomic mass is 10.1. The molecule has 3 aromatic rings. The van der Waals surface area contributed by atoms with Crippen molar-refractivity contribution in [3.8, 4) is 0 Å². The average Bonchev–Trinajstić information content (AvgIpc) is 2.72. The van der Waals surface area contributed by atoms with Crippen LogP contribution in [0.25, 0.3) is 10.9 Å². The zero-order valence-electron chi connectivity index (χ0n) is 14.8. The Labute approximate surface area is 168 Å². The lowest BCUT2D eigenvalue weighted by Gasteiger charge is -2.36. The van der Waals surface area contributed by atoms with Crippen LogP contribution < -0.4 is 4.90 Å². The minimum Gasteiger partial charge on any atom is -0.367 e. The van der Waals surface area contributed by atoms with E-state index in [4.69, 9.17) is 11.6 Å². The second-order valence-electron chi connectivity index (χ2n) is 6.46. The second kappa shape index (κ2) is 8.19. The van der Waals surface area contributed by atoms with Gasteiger partial charge in [0.15, 0.2) is 0 Å². The molecule has 2 aromatic carbocycles. The molecule has 1 aliphatic heterocycles. The van der Waals surface area contributed by atoms with Gasteiger partial charge in [-0.3, -0.25) is 9.78 Å². The predicted octanol–water partition coefficient (Wildman–Crippen LogP) is 4.33. The van der Waals surface area contributed by atoms with E-state index in [0.29, 0.717) is 10.8 Å². The van der Waals surface area contributed by atoms with E-state index >= 15 is 0 Å². The Morgan fingerprint density at radius 1 is 1.04 bits per heavy atom. The van der Waals surface area contributed by atoms with Gasteiger partial charge in [0, 0.05) is 53.4 Å². The van der Waals surface area contributed by atoms with Gasteiger partial charge in [0.2, 0.25) is 5.91 Å². The number of thioether (sulfide) groups is 1. The molecular weight excluding hydrogens is 378 g/mol. The minimum absolute atomic E-state index is 0.204. The standard InChI is InChI=1S/C21H20ClN3OS/c22-16-6-7-18-19(14-16)23-9-8-20(18)24-10-12-25(13-11-24)21(26)15-27-17-4-2-1-3-5-17/h1-9,14H,10-13,15H2. The summed E-state index contributed by atoms with van der Waals surface area (Å²) in [6.45, 7) is 3.13. The Balaban J connectivity index is 1.38. The SMILES string of the molecule is O=C(CSc1ccccc1)N1CCN(c2ccnc3cc(Cl)ccc23)CC1. The average molecular weight is 398 g/mol. The zero-order valence-corrected chi connectivity index (χ0v) is 16.4. The first-order valence-corrected chi connectivity index (χ1v) is 10.3. The molecule has 1 fully saturated rings. The van der Waals surface area contributed by atoms with Gasteiger partial charge in [-0.05, 0) is 36.4 Å². The van der Waals surface area contributed by atoms with Crippen molar-refractivity contribution in [2.45, 2.75) is 4.90 Å². The molecule has 1 amide bonds. The molecule has 0 aliphatic carbocycles. The number of pyridine rings is 1. The van der Waals surface area contributed by atoms with E-state index in [1.54, 1.807) is 11.8 Å². The first kappa shape index (κ1) is 18.1. The summed E-state index contributed by atoms with van der Waals surface area (Å²) in [5.41, 5.74) is 2.06. The van der Waals surface area contributed by atoms with Gasteiger partial charge >= 0.3 is 0 Å². The van der Waals surface area contributed by atoms with Gasteiger partial charge in [-0.25, -0.2) is 0 Å². The van der Waals surface area contributed by atoms with Crippen molar-refractivity contribution in [2.75, 3.05) is 36.8 Å². The van der Waals surface area contributed by atoms with Gasteiger partial charge in [0.25, 0.3) is 0 Å². The summed E-state index contributed by atoms with van der Waals surface area (Å²) in [6, 6.07) is 17.9. The van der Waals surface area contributed by atoms with Crippen molar-refractivity contribution in [3.05, 3.63) is 65.8 Å². The number of aromatic nitrogens is 1. The van der Waals surface area contributed by atoms with E-state index in [2.05, 4.69) is 9.88 Å². The fourth-order valence-corrected chi connectivity index (χ4v) is 4.32. The molecule has 138 valence electrons. The monoisotopic (exact) mass is 397 g/mol. The molecule has 0 bridgehead atoms. The summed E-state index contributed by atoms with van der Waals surface area (Å²) >= 11 is 7.68. The van der Waals surface area contributed by atoms with Crippen molar-refractivity contribution >= 4 is 45.9 Å². The van der Waals surface area contributed by atoms with Crippen molar-refractivity contribution in [1.29, 1.82) is 0 Å². The summed E-state index contributed by atoms with van der Waals surface area (Å²) in [5.74, 6) is 0.690. The van der Waals surface area contributed by atoms with Crippen LogP contribution in [0.4, 0.5) is 5.69 Å². The van der Waals surface area contributed by atoms with Crippen LogP contribution in [0.15, 0.2) is 65.7 Å². The van der Waals surface area contributed by atoms with Crippen LogP contribution >= 0.6 is 23.4 Å². The molecule has 0 N–H and O–H groups in total. The lowest BCUT2D eigenvalue weighted by Crippen LogP contribution is -2.49. The van der Waals surface area contributed by atoms with E-state index in [0.717, 1.165) is 47.7 Å². The van der Waals surface area contributed by atoms with Gasteiger partial charge in [-0.2, -0.15) is 0 Å². The number of amides is 1. The van der Waals surface area contributed by atoms with Crippen LogP contribution in [0.2, 0.25) is 5.02 Å². The van der Waals surface area contributed by atoms with E-state index in [9.17, 15) is 4.79 Å². The molecule has 0 atom stereocenters. The highest BCUT2D eigenvalue weighted by atomic mass is 35.5. The number of anilines is 1. The Kier molecular flexibility index (Phi) is 5.50. The molecule has 0 spiro atoms. The number of carbonyl (C=O) groups excluding carboxylic acids is 1. The first-order chi connectivity index (χ1) is 13.2. The summed E-state index contributed by atoms with van der Waals surface area (Å²) in [4.78, 5) is 22.4. The fraction of sp³-hybridized carbons (Fsp3) is 0.238. The molecule has 1 aliphatic rings. The molecule has 1 saturated heterocycles. The van der Waals surface area contributed by atoms with Gasteiger partial charge in [0.1, 0.15) is 0 Å². The quantitative estimate of drug-likeness (QED) is 0.614. The number of rotatable bonds is 4. The van der Waals surface area contributed by atoms with Crippen LogP contribution in [0.5, 0.6) is 0 Å². The van der Waals surface area contributed by atoms with Crippen LogP contribution in [0, 0.1) is 0 Å². The van der Waals surface area contributed by atoms with Gasteiger partial charge < -0.3 is 9.80 Å².